The second-order valence-corrected chi connectivity index (χ2v) is 3.95. The Labute approximate surface area is 97.6 Å². The quantitative estimate of drug-likeness (QED) is 0.757. The Bertz CT molecular complexity index is 589. The van der Waals surface area contributed by atoms with Crippen LogP contribution < -0.4 is 10.5 Å². The zero-order chi connectivity index (χ0) is 11.8. The van der Waals surface area contributed by atoms with E-state index in [2.05, 4.69) is 10.2 Å². The summed E-state index contributed by atoms with van der Waals surface area (Å²) in [4.78, 5) is 12.1. The van der Waals surface area contributed by atoms with Crippen molar-refractivity contribution in [1.82, 2.24) is 10.2 Å². The molecule has 1 aromatic heterocycles. The molecular weight excluding hydrogens is 218 g/mol. The SMILES string of the molecule is Nc1[nH]ncc1C(=O)c1ccc2c(c1)CCO2. The number of aromatic amines is 1. The highest BCUT2D eigenvalue weighted by Gasteiger charge is 2.18. The summed E-state index contributed by atoms with van der Waals surface area (Å²) >= 11 is 0. The van der Waals surface area contributed by atoms with Crippen molar-refractivity contribution in [1.29, 1.82) is 0 Å². The van der Waals surface area contributed by atoms with E-state index >= 15 is 0 Å². The lowest BCUT2D eigenvalue weighted by atomic mass is 10.0. The summed E-state index contributed by atoms with van der Waals surface area (Å²) < 4.78 is 5.39. The molecule has 3 N–H and O–H groups in total. The molecule has 0 aliphatic carbocycles. The molecule has 1 aliphatic heterocycles. The van der Waals surface area contributed by atoms with Crippen molar-refractivity contribution in [2.24, 2.45) is 0 Å². The fourth-order valence-corrected chi connectivity index (χ4v) is 1.96. The van der Waals surface area contributed by atoms with Crippen molar-refractivity contribution in [3.63, 3.8) is 0 Å². The standard InChI is InChI=1S/C12H11N3O2/c13-12-9(6-14-15-12)11(16)8-1-2-10-7(5-8)3-4-17-10/h1-2,5-6H,3-4H2,(H3,13,14,15). The predicted octanol–water partition coefficient (Wildman–Crippen LogP) is 1.16. The number of rotatable bonds is 2. The van der Waals surface area contributed by atoms with E-state index in [4.69, 9.17) is 10.5 Å². The van der Waals surface area contributed by atoms with Gasteiger partial charge in [-0.3, -0.25) is 9.89 Å². The Morgan fingerprint density at radius 3 is 3.12 bits per heavy atom. The average molecular weight is 229 g/mol. The van der Waals surface area contributed by atoms with Crippen LogP contribution in [0, 0.1) is 0 Å². The number of hydrogen-bond acceptors (Lipinski definition) is 4. The van der Waals surface area contributed by atoms with E-state index in [1.54, 1.807) is 6.07 Å². The Kier molecular flexibility index (Phi) is 2.11. The number of hydrogen-bond donors (Lipinski definition) is 2. The Morgan fingerprint density at radius 2 is 2.35 bits per heavy atom. The van der Waals surface area contributed by atoms with E-state index in [-0.39, 0.29) is 5.78 Å². The molecule has 17 heavy (non-hydrogen) atoms. The average Bonchev–Trinajstić information content (AvgIpc) is 2.95. The Balaban J connectivity index is 2.00. The Hall–Kier alpha value is -2.30. The van der Waals surface area contributed by atoms with Crippen LogP contribution >= 0.6 is 0 Å². The largest absolute Gasteiger partial charge is 0.493 e. The van der Waals surface area contributed by atoms with E-state index in [1.807, 2.05) is 12.1 Å². The van der Waals surface area contributed by atoms with Gasteiger partial charge in [-0.25, -0.2) is 0 Å². The first kappa shape index (κ1) is 9.89. The summed E-state index contributed by atoms with van der Waals surface area (Å²) in [5.41, 5.74) is 7.72. The summed E-state index contributed by atoms with van der Waals surface area (Å²) in [5.74, 6) is 1.04. The number of anilines is 1. The van der Waals surface area contributed by atoms with Crippen molar-refractivity contribution in [2.75, 3.05) is 12.3 Å². The van der Waals surface area contributed by atoms with Crippen LogP contribution in [-0.2, 0) is 6.42 Å². The molecule has 0 radical (unpaired) electrons. The van der Waals surface area contributed by atoms with Gasteiger partial charge >= 0.3 is 0 Å². The van der Waals surface area contributed by atoms with Gasteiger partial charge in [0, 0.05) is 12.0 Å². The molecule has 0 amide bonds. The van der Waals surface area contributed by atoms with Crippen LogP contribution in [0.2, 0.25) is 0 Å². The van der Waals surface area contributed by atoms with Crippen molar-refractivity contribution >= 4 is 11.6 Å². The summed E-state index contributed by atoms with van der Waals surface area (Å²) in [7, 11) is 0. The first-order valence-electron chi connectivity index (χ1n) is 5.35. The highest BCUT2D eigenvalue weighted by molar-refractivity contribution is 6.11. The number of nitrogen functional groups attached to an aromatic ring is 1. The third-order valence-electron chi connectivity index (χ3n) is 2.87. The molecule has 0 bridgehead atoms. The molecule has 2 aromatic rings. The van der Waals surface area contributed by atoms with Crippen molar-refractivity contribution in [3.05, 3.63) is 41.1 Å². The van der Waals surface area contributed by atoms with Gasteiger partial charge in [-0.2, -0.15) is 5.10 Å². The van der Waals surface area contributed by atoms with E-state index < -0.39 is 0 Å². The summed E-state index contributed by atoms with van der Waals surface area (Å²) in [6.07, 6.45) is 2.29. The van der Waals surface area contributed by atoms with Crippen LogP contribution in [0.4, 0.5) is 5.82 Å². The van der Waals surface area contributed by atoms with Gasteiger partial charge in [0.1, 0.15) is 11.6 Å². The molecule has 5 nitrogen and oxygen atoms in total. The smallest absolute Gasteiger partial charge is 0.198 e. The lowest BCUT2D eigenvalue weighted by molar-refractivity contribution is 0.103. The molecule has 2 heterocycles. The van der Waals surface area contributed by atoms with E-state index in [1.165, 1.54) is 6.20 Å². The van der Waals surface area contributed by atoms with Crippen LogP contribution in [0.15, 0.2) is 24.4 Å². The molecule has 86 valence electrons. The zero-order valence-electron chi connectivity index (χ0n) is 9.06. The van der Waals surface area contributed by atoms with Crippen LogP contribution in [0.3, 0.4) is 0 Å². The lowest BCUT2D eigenvalue weighted by Gasteiger charge is -2.02. The summed E-state index contributed by atoms with van der Waals surface area (Å²) in [6, 6.07) is 5.43. The number of ketones is 1. The van der Waals surface area contributed by atoms with Gasteiger partial charge in [0.2, 0.25) is 0 Å². The summed E-state index contributed by atoms with van der Waals surface area (Å²) in [5, 5.41) is 6.30. The number of carbonyl (C=O) groups excluding carboxylic acids is 1. The van der Waals surface area contributed by atoms with Crippen molar-refractivity contribution < 1.29 is 9.53 Å². The van der Waals surface area contributed by atoms with Crippen molar-refractivity contribution in [2.45, 2.75) is 6.42 Å². The third kappa shape index (κ3) is 1.56. The number of fused-ring (bicyclic) bond motifs is 1. The normalized spacial score (nSPS) is 13.2. The molecule has 1 aliphatic rings. The fourth-order valence-electron chi connectivity index (χ4n) is 1.96. The van der Waals surface area contributed by atoms with E-state index in [0.717, 1.165) is 17.7 Å². The molecule has 0 saturated carbocycles. The maximum absolute atomic E-state index is 12.1. The number of benzene rings is 1. The number of nitrogens with zero attached hydrogens (tertiary/aromatic N) is 1. The number of carbonyl (C=O) groups is 1. The molecule has 0 fully saturated rings. The molecule has 3 rings (SSSR count). The molecule has 1 aromatic carbocycles. The van der Waals surface area contributed by atoms with Gasteiger partial charge in [0.05, 0.1) is 18.4 Å². The maximum atomic E-state index is 12.1. The maximum Gasteiger partial charge on any atom is 0.198 e. The van der Waals surface area contributed by atoms with Crippen LogP contribution in [-0.4, -0.2) is 22.6 Å². The van der Waals surface area contributed by atoms with Crippen LogP contribution in [0.5, 0.6) is 5.75 Å². The number of aromatic nitrogens is 2. The molecule has 5 heteroatoms. The topological polar surface area (TPSA) is 81.0 Å². The molecule has 0 unspecified atom stereocenters. The van der Waals surface area contributed by atoms with Gasteiger partial charge in [-0.05, 0) is 23.8 Å². The number of nitrogens with one attached hydrogen (secondary N) is 1. The van der Waals surface area contributed by atoms with Crippen molar-refractivity contribution in [3.8, 4) is 5.75 Å². The highest BCUT2D eigenvalue weighted by atomic mass is 16.5. The van der Waals surface area contributed by atoms with Gasteiger partial charge in [-0.1, -0.05) is 0 Å². The molecular formula is C12H11N3O2. The molecule has 0 atom stereocenters. The minimum absolute atomic E-state index is 0.119. The fraction of sp³-hybridized carbons (Fsp3) is 0.167. The summed E-state index contributed by atoms with van der Waals surface area (Å²) in [6.45, 7) is 0.681. The highest BCUT2D eigenvalue weighted by Crippen LogP contribution is 2.27. The monoisotopic (exact) mass is 229 g/mol. The van der Waals surface area contributed by atoms with E-state index in [0.29, 0.717) is 23.6 Å². The van der Waals surface area contributed by atoms with Crippen LogP contribution in [0.1, 0.15) is 21.5 Å². The van der Waals surface area contributed by atoms with Gasteiger partial charge in [0.15, 0.2) is 5.78 Å². The molecule has 0 spiro atoms. The minimum Gasteiger partial charge on any atom is -0.493 e. The predicted molar refractivity (Wildman–Crippen MR) is 62.1 cm³/mol. The van der Waals surface area contributed by atoms with Gasteiger partial charge in [-0.15, -0.1) is 0 Å². The first-order chi connectivity index (χ1) is 8.25. The van der Waals surface area contributed by atoms with Gasteiger partial charge in [0.25, 0.3) is 0 Å². The number of ether oxygens (including phenoxy) is 1. The van der Waals surface area contributed by atoms with Gasteiger partial charge < -0.3 is 10.5 Å². The number of nitrogens with two attached hydrogens (primary N) is 1. The number of H-pyrrole nitrogens is 1. The second kappa shape index (κ2) is 3.62. The third-order valence-corrected chi connectivity index (χ3v) is 2.87. The second-order valence-electron chi connectivity index (χ2n) is 3.95. The minimum atomic E-state index is -0.119. The zero-order valence-corrected chi connectivity index (χ0v) is 9.06. The molecule has 0 saturated heterocycles. The Morgan fingerprint density at radius 1 is 1.47 bits per heavy atom. The lowest BCUT2D eigenvalue weighted by Crippen LogP contribution is -2.03. The first-order valence-corrected chi connectivity index (χ1v) is 5.35. The van der Waals surface area contributed by atoms with Crippen LogP contribution in [0.25, 0.3) is 0 Å². The van der Waals surface area contributed by atoms with E-state index in [9.17, 15) is 4.79 Å².